The molecule has 1 heterocycles. The fraction of sp³-hybridized carbons (Fsp3) is 0.0556. The Kier molecular flexibility index (Phi) is 4.86. The van der Waals surface area contributed by atoms with Crippen LogP contribution in [0.3, 0.4) is 0 Å². The molecule has 0 aliphatic carbocycles. The number of aryl methyl sites for hydroxylation is 1. The highest BCUT2D eigenvalue weighted by molar-refractivity contribution is 9.10. The Morgan fingerprint density at radius 3 is 2.58 bits per heavy atom. The van der Waals surface area contributed by atoms with Gasteiger partial charge in [-0.1, -0.05) is 45.8 Å². The van der Waals surface area contributed by atoms with Crippen molar-refractivity contribution in [3.05, 3.63) is 75.9 Å². The van der Waals surface area contributed by atoms with Gasteiger partial charge in [0.2, 0.25) is 0 Å². The molecule has 5 nitrogen and oxygen atoms in total. The first-order valence-electron chi connectivity index (χ1n) is 7.33. The van der Waals surface area contributed by atoms with Gasteiger partial charge in [-0.05, 0) is 31.2 Å². The highest BCUT2D eigenvalue weighted by Gasteiger charge is 2.06. The number of H-pyrrole nitrogens is 1. The summed E-state index contributed by atoms with van der Waals surface area (Å²) in [5.41, 5.74) is 6.92. The van der Waals surface area contributed by atoms with Crippen LogP contribution in [-0.4, -0.2) is 22.3 Å². The Hall–Kier alpha value is -2.73. The molecule has 0 saturated carbocycles. The van der Waals surface area contributed by atoms with Gasteiger partial charge in [0.1, 0.15) is 0 Å². The van der Waals surface area contributed by atoms with Crippen molar-refractivity contribution in [1.82, 2.24) is 15.6 Å². The molecule has 0 radical (unpaired) electrons. The van der Waals surface area contributed by atoms with Crippen molar-refractivity contribution in [3.8, 4) is 11.3 Å². The second-order valence-electron chi connectivity index (χ2n) is 5.27. The Morgan fingerprint density at radius 2 is 1.88 bits per heavy atom. The van der Waals surface area contributed by atoms with Crippen LogP contribution in [0, 0.1) is 6.92 Å². The van der Waals surface area contributed by atoms with Gasteiger partial charge >= 0.3 is 0 Å². The molecule has 1 aromatic heterocycles. The number of rotatable bonds is 4. The van der Waals surface area contributed by atoms with Crippen molar-refractivity contribution >= 4 is 28.1 Å². The molecule has 1 amide bonds. The van der Waals surface area contributed by atoms with Crippen molar-refractivity contribution in [3.63, 3.8) is 0 Å². The van der Waals surface area contributed by atoms with Gasteiger partial charge in [-0.3, -0.25) is 9.89 Å². The second-order valence-corrected chi connectivity index (χ2v) is 6.19. The number of hydrogen-bond donors (Lipinski definition) is 2. The molecule has 2 N–H and O–H groups in total. The van der Waals surface area contributed by atoms with E-state index in [0.717, 1.165) is 21.3 Å². The number of nitrogens with one attached hydrogen (secondary N) is 2. The molecular formula is C18H15BrN4O. The van der Waals surface area contributed by atoms with Crippen LogP contribution in [0.25, 0.3) is 11.3 Å². The predicted octanol–water partition coefficient (Wildman–Crippen LogP) is 3.91. The van der Waals surface area contributed by atoms with Crippen LogP contribution in [0.4, 0.5) is 0 Å². The van der Waals surface area contributed by atoms with E-state index < -0.39 is 0 Å². The van der Waals surface area contributed by atoms with Crippen LogP contribution in [0.2, 0.25) is 0 Å². The van der Waals surface area contributed by atoms with Crippen molar-refractivity contribution in [1.29, 1.82) is 0 Å². The van der Waals surface area contributed by atoms with E-state index in [-0.39, 0.29) is 5.91 Å². The number of benzene rings is 2. The molecule has 0 saturated heterocycles. The summed E-state index contributed by atoms with van der Waals surface area (Å²) in [5.74, 6) is -0.265. The number of aromatic amines is 1. The van der Waals surface area contributed by atoms with Crippen LogP contribution >= 0.6 is 15.9 Å². The quantitative estimate of drug-likeness (QED) is 0.530. The fourth-order valence-electron chi connectivity index (χ4n) is 2.17. The first-order chi connectivity index (χ1) is 11.6. The fourth-order valence-corrected chi connectivity index (χ4v) is 2.44. The van der Waals surface area contributed by atoms with Crippen LogP contribution in [0.5, 0.6) is 0 Å². The van der Waals surface area contributed by atoms with Gasteiger partial charge < -0.3 is 0 Å². The molecule has 120 valence electrons. The lowest BCUT2D eigenvalue weighted by atomic mass is 10.1. The average Bonchev–Trinajstić information content (AvgIpc) is 3.04. The summed E-state index contributed by atoms with van der Waals surface area (Å²) in [7, 11) is 0. The van der Waals surface area contributed by atoms with Gasteiger partial charge in [-0.2, -0.15) is 10.2 Å². The van der Waals surface area contributed by atoms with Gasteiger partial charge in [-0.15, -0.1) is 0 Å². The van der Waals surface area contributed by atoms with E-state index in [9.17, 15) is 4.79 Å². The number of nitrogens with zero attached hydrogens (tertiary/aromatic N) is 2. The Balaban J connectivity index is 1.71. The smallest absolute Gasteiger partial charge is 0.271 e. The summed E-state index contributed by atoms with van der Waals surface area (Å²) in [6, 6.07) is 15.2. The van der Waals surface area contributed by atoms with E-state index in [1.165, 1.54) is 5.56 Å². The lowest BCUT2D eigenvalue weighted by Crippen LogP contribution is -2.17. The Labute approximate surface area is 147 Å². The summed E-state index contributed by atoms with van der Waals surface area (Å²) in [6.45, 7) is 2.04. The molecule has 0 aliphatic heterocycles. The SMILES string of the molecule is Cc1ccc(-c2[nH]ncc2/C=N\NC(=O)c2ccc(Br)cc2)cc1. The van der Waals surface area contributed by atoms with E-state index >= 15 is 0 Å². The maximum Gasteiger partial charge on any atom is 0.271 e. The number of aromatic nitrogens is 2. The van der Waals surface area contributed by atoms with E-state index in [1.807, 2.05) is 43.3 Å². The Morgan fingerprint density at radius 1 is 1.17 bits per heavy atom. The zero-order chi connectivity index (χ0) is 16.9. The molecule has 0 unspecified atom stereocenters. The summed E-state index contributed by atoms with van der Waals surface area (Å²) in [4.78, 5) is 12.0. The molecule has 3 aromatic rings. The molecule has 3 rings (SSSR count). The van der Waals surface area contributed by atoms with Crippen LogP contribution in [0.1, 0.15) is 21.5 Å². The molecule has 0 atom stereocenters. The van der Waals surface area contributed by atoms with Gasteiger partial charge in [-0.25, -0.2) is 5.43 Å². The zero-order valence-corrected chi connectivity index (χ0v) is 14.5. The van der Waals surface area contributed by atoms with E-state index in [0.29, 0.717) is 5.56 Å². The maximum absolute atomic E-state index is 12.0. The monoisotopic (exact) mass is 382 g/mol. The van der Waals surface area contributed by atoms with E-state index in [1.54, 1.807) is 24.5 Å². The van der Waals surface area contributed by atoms with Crippen molar-refractivity contribution in [2.24, 2.45) is 5.10 Å². The van der Waals surface area contributed by atoms with Crippen LogP contribution in [-0.2, 0) is 0 Å². The summed E-state index contributed by atoms with van der Waals surface area (Å²) in [6.07, 6.45) is 3.25. The minimum Gasteiger partial charge on any atom is -0.277 e. The van der Waals surface area contributed by atoms with Crippen LogP contribution < -0.4 is 5.43 Å². The first-order valence-corrected chi connectivity index (χ1v) is 8.12. The first kappa shape index (κ1) is 16.1. The maximum atomic E-state index is 12.0. The number of hydrogen-bond acceptors (Lipinski definition) is 3. The average molecular weight is 383 g/mol. The van der Waals surface area contributed by atoms with Gasteiger partial charge in [0, 0.05) is 21.2 Å². The van der Waals surface area contributed by atoms with Gasteiger partial charge in [0.25, 0.3) is 5.91 Å². The van der Waals surface area contributed by atoms with Crippen molar-refractivity contribution < 1.29 is 4.79 Å². The van der Waals surface area contributed by atoms with Crippen molar-refractivity contribution in [2.45, 2.75) is 6.92 Å². The van der Waals surface area contributed by atoms with E-state index in [4.69, 9.17) is 0 Å². The molecule has 2 aromatic carbocycles. The van der Waals surface area contributed by atoms with E-state index in [2.05, 4.69) is 36.7 Å². The summed E-state index contributed by atoms with van der Waals surface area (Å²) in [5, 5.41) is 11.0. The third-order valence-corrected chi connectivity index (χ3v) is 4.01. The summed E-state index contributed by atoms with van der Waals surface area (Å²) < 4.78 is 0.920. The molecule has 6 heteroatoms. The second kappa shape index (κ2) is 7.23. The number of amides is 1. The topological polar surface area (TPSA) is 70.1 Å². The largest absolute Gasteiger partial charge is 0.277 e. The number of carbonyl (C=O) groups excluding carboxylic acids is 1. The van der Waals surface area contributed by atoms with Gasteiger partial charge in [0.05, 0.1) is 18.1 Å². The number of carbonyl (C=O) groups is 1. The van der Waals surface area contributed by atoms with Crippen molar-refractivity contribution in [2.75, 3.05) is 0 Å². The lowest BCUT2D eigenvalue weighted by molar-refractivity contribution is 0.0955. The highest BCUT2D eigenvalue weighted by atomic mass is 79.9. The zero-order valence-electron chi connectivity index (χ0n) is 13.0. The number of hydrazone groups is 1. The molecule has 0 spiro atoms. The summed E-state index contributed by atoms with van der Waals surface area (Å²) >= 11 is 3.34. The highest BCUT2D eigenvalue weighted by Crippen LogP contribution is 2.20. The molecule has 0 bridgehead atoms. The third kappa shape index (κ3) is 3.78. The molecule has 24 heavy (non-hydrogen) atoms. The van der Waals surface area contributed by atoms with Gasteiger partial charge in [0.15, 0.2) is 0 Å². The number of halogens is 1. The molecule has 0 aliphatic rings. The molecular weight excluding hydrogens is 368 g/mol. The lowest BCUT2D eigenvalue weighted by Gasteiger charge is -2.01. The molecule has 0 fully saturated rings. The predicted molar refractivity (Wildman–Crippen MR) is 98.0 cm³/mol. The minimum absolute atomic E-state index is 0.265. The third-order valence-electron chi connectivity index (χ3n) is 3.49. The normalized spacial score (nSPS) is 10.9. The van der Waals surface area contributed by atoms with Crippen LogP contribution in [0.15, 0.2) is 64.3 Å². The minimum atomic E-state index is -0.265. The standard InChI is InChI=1S/C18H15BrN4O/c1-12-2-4-13(5-3-12)17-15(10-20-22-17)11-21-23-18(24)14-6-8-16(19)9-7-14/h2-11H,1H3,(H,20,22)(H,23,24)/b21-11-. The Bertz CT molecular complexity index is 867.